The molecule has 1 nitrogen and oxygen atoms in total. The van der Waals surface area contributed by atoms with Gasteiger partial charge in [0.15, 0.2) is 0 Å². The fraction of sp³-hybridized carbons (Fsp3) is 0.667. The first-order chi connectivity index (χ1) is 8.92. The van der Waals surface area contributed by atoms with Gasteiger partial charge in [0.05, 0.1) is 0 Å². The van der Waals surface area contributed by atoms with E-state index < -0.39 is 0 Å². The van der Waals surface area contributed by atoms with Crippen molar-refractivity contribution in [1.29, 1.82) is 0 Å². The molecule has 0 aromatic heterocycles. The molecule has 19 heavy (non-hydrogen) atoms. The lowest BCUT2D eigenvalue weighted by atomic mass is 9.77. The minimum absolute atomic E-state index is 0.249. The molecule has 1 aromatic rings. The summed E-state index contributed by atoms with van der Waals surface area (Å²) in [5.41, 5.74) is 9.66. The molecule has 1 aromatic carbocycles. The standard InChI is InChI=1S/C18H27N/c1-17(2,3)16-6-4-13(5-7-16)9-18(12-19)10-14-8-15(14)11-18/h4-7,14-15H,8-12,19H2,1-3H3. The van der Waals surface area contributed by atoms with Crippen LogP contribution in [0.4, 0.5) is 0 Å². The Bertz CT molecular complexity index is 442. The average Bonchev–Trinajstić information content (AvgIpc) is 2.97. The van der Waals surface area contributed by atoms with Gasteiger partial charge in [0.1, 0.15) is 0 Å². The molecule has 2 saturated carbocycles. The van der Waals surface area contributed by atoms with Gasteiger partial charge in [0.2, 0.25) is 0 Å². The molecule has 2 atom stereocenters. The van der Waals surface area contributed by atoms with E-state index in [1.54, 1.807) is 0 Å². The number of hydrogen-bond acceptors (Lipinski definition) is 1. The number of hydrogen-bond donors (Lipinski definition) is 1. The molecular formula is C18H27N. The third kappa shape index (κ3) is 2.58. The minimum atomic E-state index is 0.249. The number of benzene rings is 1. The summed E-state index contributed by atoms with van der Waals surface area (Å²) in [7, 11) is 0. The second kappa shape index (κ2) is 4.34. The maximum absolute atomic E-state index is 6.10. The highest BCUT2D eigenvalue weighted by Crippen LogP contribution is 2.60. The monoisotopic (exact) mass is 257 g/mol. The SMILES string of the molecule is CC(C)(C)c1ccc(CC2(CN)CC3CC3C2)cc1. The Labute approximate surface area is 117 Å². The molecule has 2 aliphatic rings. The second-order valence-electron chi connectivity index (χ2n) is 7.99. The molecule has 104 valence electrons. The van der Waals surface area contributed by atoms with Crippen LogP contribution in [0.1, 0.15) is 51.2 Å². The highest BCUT2D eigenvalue weighted by atomic mass is 14.7. The van der Waals surface area contributed by atoms with E-state index in [1.165, 1.54) is 36.8 Å². The molecule has 0 amide bonds. The molecule has 2 unspecified atom stereocenters. The van der Waals surface area contributed by atoms with Crippen molar-refractivity contribution in [2.45, 2.75) is 51.9 Å². The second-order valence-corrected chi connectivity index (χ2v) is 7.99. The lowest BCUT2D eigenvalue weighted by Crippen LogP contribution is -2.31. The highest BCUT2D eigenvalue weighted by Gasteiger charge is 2.52. The van der Waals surface area contributed by atoms with Crippen LogP contribution in [0.25, 0.3) is 0 Å². The summed E-state index contributed by atoms with van der Waals surface area (Å²) in [6, 6.07) is 9.24. The van der Waals surface area contributed by atoms with Crippen molar-refractivity contribution in [3.8, 4) is 0 Å². The molecule has 2 fully saturated rings. The molecule has 3 rings (SSSR count). The fourth-order valence-corrected chi connectivity index (χ4v) is 3.94. The number of rotatable bonds is 3. The molecule has 2 aliphatic carbocycles. The van der Waals surface area contributed by atoms with Gasteiger partial charge in [-0.05, 0) is 66.0 Å². The van der Waals surface area contributed by atoms with Gasteiger partial charge in [0, 0.05) is 0 Å². The predicted octanol–water partition coefficient (Wildman–Crippen LogP) is 3.90. The molecule has 0 saturated heterocycles. The topological polar surface area (TPSA) is 26.0 Å². The van der Waals surface area contributed by atoms with Crippen LogP contribution in [0, 0.1) is 17.3 Å². The number of fused-ring (bicyclic) bond motifs is 1. The largest absolute Gasteiger partial charge is 0.330 e. The molecule has 0 heterocycles. The molecule has 0 aliphatic heterocycles. The van der Waals surface area contributed by atoms with Crippen molar-refractivity contribution in [3.05, 3.63) is 35.4 Å². The fourth-order valence-electron chi connectivity index (χ4n) is 3.94. The summed E-state index contributed by atoms with van der Waals surface area (Å²) in [5, 5.41) is 0. The third-order valence-electron chi connectivity index (χ3n) is 5.29. The van der Waals surface area contributed by atoms with E-state index >= 15 is 0 Å². The summed E-state index contributed by atoms with van der Waals surface area (Å²) in [6.07, 6.45) is 5.40. The van der Waals surface area contributed by atoms with Crippen LogP contribution in [0.5, 0.6) is 0 Å². The summed E-state index contributed by atoms with van der Waals surface area (Å²) in [6.45, 7) is 7.68. The van der Waals surface area contributed by atoms with E-state index in [1.807, 2.05) is 0 Å². The smallest absolute Gasteiger partial charge is 0.00171 e. The van der Waals surface area contributed by atoms with Crippen molar-refractivity contribution >= 4 is 0 Å². The third-order valence-corrected chi connectivity index (χ3v) is 5.29. The Kier molecular flexibility index (Phi) is 3.01. The van der Waals surface area contributed by atoms with Crippen LogP contribution >= 0.6 is 0 Å². The molecule has 0 spiro atoms. The van der Waals surface area contributed by atoms with Crippen molar-refractivity contribution in [1.82, 2.24) is 0 Å². The van der Waals surface area contributed by atoms with Crippen LogP contribution in [0.3, 0.4) is 0 Å². The molecule has 1 heteroatoms. The van der Waals surface area contributed by atoms with E-state index in [2.05, 4.69) is 45.0 Å². The summed E-state index contributed by atoms with van der Waals surface area (Å²) in [5.74, 6) is 2.02. The predicted molar refractivity (Wildman–Crippen MR) is 81.2 cm³/mol. The quantitative estimate of drug-likeness (QED) is 0.873. The Morgan fingerprint density at radius 3 is 2.16 bits per heavy atom. The molecular weight excluding hydrogens is 230 g/mol. The van der Waals surface area contributed by atoms with Crippen LogP contribution in [-0.4, -0.2) is 6.54 Å². The van der Waals surface area contributed by atoms with Crippen LogP contribution in [0.15, 0.2) is 24.3 Å². The van der Waals surface area contributed by atoms with Gasteiger partial charge in [-0.25, -0.2) is 0 Å². The maximum atomic E-state index is 6.10. The Balaban J connectivity index is 1.73. The number of nitrogens with two attached hydrogens (primary N) is 1. The molecule has 2 N–H and O–H groups in total. The summed E-state index contributed by atoms with van der Waals surface area (Å²) in [4.78, 5) is 0. The lowest BCUT2D eigenvalue weighted by Gasteiger charge is -2.30. The minimum Gasteiger partial charge on any atom is -0.330 e. The van der Waals surface area contributed by atoms with Gasteiger partial charge in [-0.3, -0.25) is 0 Å². The zero-order valence-corrected chi connectivity index (χ0v) is 12.6. The first kappa shape index (κ1) is 13.2. The van der Waals surface area contributed by atoms with Gasteiger partial charge in [-0.1, -0.05) is 45.0 Å². The van der Waals surface area contributed by atoms with E-state index in [-0.39, 0.29) is 5.41 Å². The first-order valence-corrected chi connectivity index (χ1v) is 7.71. The van der Waals surface area contributed by atoms with Crippen LogP contribution in [0.2, 0.25) is 0 Å². The van der Waals surface area contributed by atoms with Gasteiger partial charge >= 0.3 is 0 Å². The van der Waals surface area contributed by atoms with Crippen LogP contribution < -0.4 is 5.73 Å². The van der Waals surface area contributed by atoms with E-state index in [0.29, 0.717) is 5.41 Å². The maximum Gasteiger partial charge on any atom is -0.00171 e. The van der Waals surface area contributed by atoms with Gasteiger partial charge in [-0.15, -0.1) is 0 Å². The van der Waals surface area contributed by atoms with Crippen LogP contribution in [-0.2, 0) is 11.8 Å². The Morgan fingerprint density at radius 2 is 1.68 bits per heavy atom. The molecule has 0 radical (unpaired) electrons. The van der Waals surface area contributed by atoms with Crippen molar-refractivity contribution in [2.75, 3.05) is 6.54 Å². The normalized spacial score (nSPS) is 33.3. The van der Waals surface area contributed by atoms with Crippen molar-refractivity contribution in [3.63, 3.8) is 0 Å². The highest BCUT2D eigenvalue weighted by molar-refractivity contribution is 5.28. The van der Waals surface area contributed by atoms with Crippen molar-refractivity contribution < 1.29 is 0 Å². The zero-order chi connectivity index (χ0) is 13.7. The van der Waals surface area contributed by atoms with Crippen molar-refractivity contribution in [2.24, 2.45) is 23.0 Å². The van der Waals surface area contributed by atoms with Gasteiger partial charge < -0.3 is 5.73 Å². The summed E-state index contributed by atoms with van der Waals surface area (Å²) < 4.78 is 0. The van der Waals surface area contributed by atoms with E-state index in [0.717, 1.165) is 18.4 Å². The van der Waals surface area contributed by atoms with Gasteiger partial charge in [0.25, 0.3) is 0 Å². The van der Waals surface area contributed by atoms with E-state index in [9.17, 15) is 0 Å². The van der Waals surface area contributed by atoms with Gasteiger partial charge in [-0.2, -0.15) is 0 Å². The first-order valence-electron chi connectivity index (χ1n) is 7.71. The Hall–Kier alpha value is -0.820. The summed E-state index contributed by atoms with van der Waals surface area (Å²) >= 11 is 0. The average molecular weight is 257 g/mol. The Morgan fingerprint density at radius 1 is 1.11 bits per heavy atom. The van der Waals surface area contributed by atoms with E-state index in [4.69, 9.17) is 5.73 Å². The zero-order valence-electron chi connectivity index (χ0n) is 12.6. The molecule has 0 bridgehead atoms. The lowest BCUT2D eigenvalue weighted by molar-refractivity contribution is 0.273.